The Morgan fingerprint density at radius 3 is 2.61 bits per heavy atom. The van der Waals surface area contributed by atoms with Gasteiger partial charge in [0.05, 0.1) is 18.7 Å². The molecule has 2 aliphatic heterocycles. The number of carbonyl (C=O) groups excluding carboxylic acids is 2. The number of amides is 1. The van der Waals surface area contributed by atoms with Crippen molar-refractivity contribution in [2.75, 3.05) is 45.8 Å². The third-order valence-corrected chi connectivity index (χ3v) is 12.0. The Hall–Kier alpha value is -2.02. The van der Waals surface area contributed by atoms with Crippen molar-refractivity contribution in [3.8, 4) is 0 Å². The number of hydrogen-bond acceptors (Lipinski definition) is 5. The monoisotopic (exact) mass is 561 g/mol. The van der Waals surface area contributed by atoms with Crippen LogP contribution in [0.25, 0.3) is 0 Å². The summed E-state index contributed by atoms with van der Waals surface area (Å²) in [7, 11) is 0. The van der Waals surface area contributed by atoms with E-state index >= 15 is 0 Å². The number of aliphatic hydroxyl groups is 1. The Balaban J connectivity index is 1.24. The van der Waals surface area contributed by atoms with Crippen LogP contribution in [-0.4, -0.2) is 89.5 Å². The molecule has 0 bridgehead atoms. The van der Waals surface area contributed by atoms with Crippen LogP contribution in [0.15, 0.2) is 23.8 Å². The van der Waals surface area contributed by atoms with Crippen molar-refractivity contribution in [3.05, 3.63) is 46.0 Å². The first-order chi connectivity index (χ1) is 19.6. The van der Waals surface area contributed by atoms with E-state index in [1.54, 1.807) is 0 Å². The minimum Gasteiger partial charge on any atom is -0.391 e. The molecule has 6 heteroatoms. The molecule has 1 N–H and O–H groups in total. The predicted octanol–water partition coefficient (Wildman–Crippen LogP) is 4.68. The largest absolute Gasteiger partial charge is 0.391 e. The molecule has 0 spiro atoms. The van der Waals surface area contributed by atoms with E-state index in [0.717, 1.165) is 71.4 Å². The normalized spacial score (nSPS) is 35.0. The first kappa shape index (κ1) is 29.1. The zero-order valence-electron chi connectivity index (χ0n) is 26.0. The lowest BCUT2D eigenvalue weighted by molar-refractivity contribution is -0.143. The Labute approximate surface area is 247 Å². The highest BCUT2D eigenvalue weighted by atomic mass is 16.3. The van der Waals surface area contributed by atoms with Crippen molar-refractivity contribution in [1.29, 1.82) is 0 Å². The number of piperazine rings is 1. The number of allylic oxidation sites excluding steroid dienone is 2. The van der Waals surface area contributed by atoms with E-state index in [1.807, 2.05) is 11.0 Å². The number of carbonyl (C=O) groups is 2. The molecule has 7 atom stereocenters. The highest BCUT2D eigenvalue weighted by Gasteiger charge is 2.51. The average molecular weight is 562 g/mol. The molecule has 0 aromatic heterocycles. The fourth-order valence-corrected chi connectivity index (χ4v) is 9.47. The summed E-state index contributed by atoms with van der Waals surface area (Å²) in [5, 5.41) is 11.5. The SMILES string of the molecule is CCN1CCN(CC(=O)N2C[C@@H](C)C[C@@H](O)[C@@H]2[C@@H](C)c2ccc3c(c2C)C[C@H]2[C@H]3CCC3=CC(=O)CC[C@@]32C)CC1. The van der Waals surface area contributed by atoms with Gasteiger partial charge < -0.3 is 14.9 Å². The average Bonchev–Trinajstić information content (AvgIpc) is 3.34. The first-order valence-corrected chi connectivity index (χ1v) is 16.4. The van der Waals surface area contributed by atoms with Crippen molar-refractivity contribution in [2.45, 2.75) is 97.1 Å². The number of aliphatic hydroxyl groups excluding tert-OH is 1. The third kappa shape index (κ3) is 5.12. The van der Waals surface area contributed by atoms with E-state index < -0.39 is 6.10 Å². The molecular weight excluding hydrogens is 510 g/mol. The topological polar surface area (TPSA) is 64.1 Å². The van der Waals surface area contributed by atoms with E-state index in [4.69, 9.17) is 0 Å². The highest BCUT2D eigenvalue weighted by molar-refractivity contribution is 5.91. The van der Waals surface area contributed by atoms with Crippen LogP contribution in [0, 0.1) is 24.2 Å². The van der Waals surface area contributed by atoms with Crippen LogP contribution in [0.1, 0.15) is 93.9 Å². The minimum atomic E-state index is -0.517. The second kappa shape index (κ2) is 11.2. The van der Waals surface area contributed by atoms with Gasteiger partial charge in [0.15, 0.2) is 5.78 Å². The van der Waals surface area contributed by atoms with Gasteiger partial charge in [-0.3, -0.25) is 14.5 Å². The van der Waals surface area contributed by atoms with Gasteiger partial charge in [0, 0.05) is 45.1 Å². The number of fused-ring (bicyclic) bond motifs is 5. The maximum Gasteiger partial charge on any atom is 0.237 e. The van der Waals surface area contributed by atoms with Gasteiger partial charge in [0.2, 0.25) is 5.91 Å². The quantitative estimate of drug-likeness (QED) is 0.566. The van der Waals surface area contributed by atoms with Crippen LogP contribution >= 0.6 is 0 Å². The molecule has 224 valence electrons. The number of likely N-dealkylation sites (tertiary alicyclic amines) is 1. The fourth-order valence-electron chi connectivity index (χ4n) is 9.47. The Bertz CT molecular complexity index is 1220. The summed E-state index contributed by atoms with van der Waals surface area (Å²) in [6, 6.07) is 4.49. The maximum atomic E-state index is 13.8. The van der Waals surface area contributed by atoms with Gasteiger partial charge in [-0.2, -0.15) is 0 Å². The number of ketones is 1. The molecule has 3 aliphatic carbocycles. The summed E-state index contributed by atoms with van der Waals surface area (Å²) in [5.41, 5.74) is 7.16. The summed E-state index contributed by atoms with van der Waals surface area (Å²) in [4.78, 5) is 32.8. The molecule has 1 saturated carbocycles. The molecule has 1 aromatic rings. The summed E-state index contributed by atoms with van der Waals surface area (Å²) in [6.07, 6.45) is 7.11. The van der Waals surface area contributed by atoms with E-state index in [-0.39, 0.29) is 23.3 Å². The molecular formula is C35H51N3O3. The van der Waals surface area contributed by atoms with Gasteiger partial charge in [0.25, 0.3) is 0 Å². The fraction of sp³-hybridized carbons (Fsp3) is 0.714. The number of rotatable bonds is 5. The molecule has 41 heavy (non-hydrogen) atoms. The van der Waals surface area contributed by atoms with Crippen molar-refractivity contribution in [3.63, 3.8) is 0 Å². The zero-order chi connectivity index (χ0) is 29.1. The number of piperidine rings is 1. The van der Waals surface area contributed by atoms with Crippen molar-refractivity contribution < 1.29 is 14.7 Å². The Kier molecular flexibility index (Phi) is 7.97. The van der Waals surface area contributed by atoms with Gasteiger partial charge in [-0.25, -0.2) is 0 Å². The van der Waals surface area contributed by atoms with Crippen LogP contribution in [0.4, 0.5) is 0 Å². The lowest BCUT2D eigenvalue weighted by Gasteiger charge is -2.47. The second-order valence-electron chi connectivity index (χ2n) is 14.3. The number of likely N-dealkylation sites (N-methyl/N-ethyl adjacent to an activating group) is 1. The molecule has 3 fully saturated rings. The predicted molar refractivity (Wildman–Crippen MR) is 163 cm³/mol. The summed E-state index contributed by atoms with van der Waals surface area (Å²) < 4.78 is 0. The van der Waals surface area contributed by atoms with Crippen LogP contribution in [0.5, 0.6) is 0 Å². The van der Waals surface area contributed by atoms with Gasteiger partial charge >= 0.3 is 0 Å². The molecule has 1 amide bonds. The Morgan fingerprint density at radius 1 is 1.15 bits per heavy atom. The molecule has 2 heterocycles. The molecule has 1 aromatic carbocycles. The van der Waals surface area contributed by atoms with Crippen LogP contribution in [0.3, 0.4) is 0 Å². The molecule has 0 unspecified atom stereocenters. The van der Waals surface area contributed by atoms with E-state index in [1.165, 1.54) is 27.8 Å². The Morgan fingerprint density at radius 2 is 1.88 bits per heavy atom. The molecule has 0 radical (unpaired) electrons. The van der Waals surface area contributed by atoms with Crippen LogP contribution < -0.4 is 0 Å². The van der Waals surface area contributed by atoms with Crippen molar-refractivity contribution in [1.82, 2.24) is 14.7 Å². The molecule has 6 nitrogen and oxygen atoms in total. The van der Waals surface area contributed by atoms with E-state index in [0.29, 0.717) is 36.5 Å². The van der Waals surface area contributed by atoms with Gasteiger partial charge in [-0.1, -0.05) is 45.4 Å². The minimum absolute atomic E-state index is 0.0599. The van der Waals surface area contributed by atoms with Gasteiger partial charge in [0.1, 0.15) is 0 Å². The highest BCUT2D eigenvalue weighted by Crippen LogP contribution is 2.60. The standard InChI is InChI=1S/C35H51N3O3/c1-6-36-13-15-37(16-14-36)21-33(41)38-20-22(2)17-32(40)34(38)24(4)27-9-10-28-29-8-7-25-18-26(39)11-12-35(25,5)31(29)19-30(28)23(27)3/h9-10,18,22,24,29,31-32,34,40H,6-8,11-17,19-21H2,1-5H3/t22-,24-,29-,31-,32+,34-,35-/m0/s1. The summed E-state index contributed by atoms with van der Waals surface area (Å²) >= 11 is 0. The summed E-state index contributed by atoms with van der Waals surface area (Å²) in [5.74, 6) is 1.95. The summed E-state index contributed by atoms with van der Waals surface area (Å²) in [6.45, 7) is 17.4. The molecule has 5 aliphatic rings. The van der Waals surface area contributed by atoms with E-state index in [2.05, 4.69) is 56.6 Å². The van der Waals surface area contributed by atoms with Gasteiger partial charge in [-0.05, 0) is 97.1 Å². The van der Waals surface area contributed by atoms with Crippen molar-refractivity contribution >= 4 is 11.7 Å². The molecule has 6 rings (SSSR count). The number of benzene rings is 1. The number of hydrogen-bond donors (Lipinski definition) is 1. The first-order valence-electron chi connectivity index (χ1n) is 16.4. The lowest BCUT2D eigenvalue weighted by Crippen LogP contribution is -2.58. The third-order valence-electron chi connectivity index (χ3n) is 12.0. The smallest absolute Gasteiger partial charge is 0.237 e. The van der Waals surface area contributed by atoms with Crippen molar-refractivity contribution in [2.24, 2.45) is 17.3 Å². The maximum absolute atomic E-state index is 13.8. The second-order valence-corrected chi connectivity index (χ2v) is 14.3. The zero-order valence-corrected chi connectivity index (χ0v) is 26.0. The molecule has 2 saturated heterocycles. The van der Waals surface area contributed by atoms with Crippen LogP contribution in [0.2, 0.25) is 0 Å². The number of nitrogens with zero attached hydrogens (tertiary/aromatic N) is 3. The van der Waals surface area contributed by atoms with Gasteiger partial charge in [-0.15, -0.1) is 0 Å². The van der Waals surface area contributed by atoms with E-state index in [9.17, 15) is 14.7 Å². The lowest BCUT2D eigenvalue weighted by atomic mass is 9.57. The van der Waals surface area contributed by atoms with Crippen LogP contribution in [-0.2, 0) is 16.0 Å².